The minimum Gasteiger partial charge on any atom is -0.486 e. The first-order valence-electron chi connectivity index (χ1n) is 9.02. The Bertz CT molecular complexity index is 1030. The van der Waals surface area contributed by atoms with Gasteiger partial charge in [-0.05, 0) is 19.1 Å². The SMILES string of the molecule is CC(OC(=O)c1csc(-c2ccccc2)n1)C(=O)Nc1ccc2c(c1)OCCO2. The van der Waals surface area contributed by atoms with Gasteiger partial charge in [0, 0.05) is 22.7 Å². The molecule has 0 bridgehead atoms. The van der Waals surface area contributed by atoms with Crippen molar-refractivity contribution in [2.45, 2.75) is 13.0 Å². The minimum absolute atomic E-state index is 0.174. The topological polar surface area (TPSA) is 86.8 Å². The van der Waals surface area contributed by atoms with Gasteiger partial charge in [0.2, 0.25) is 0 Å². The second-order valence-corrected chi connectivity index (χ2v) is 7.16. The van der Waals surface area contributed by atoms with E-state index in [1.807, 2.05) is 30.3 Å². The zero-order chi connectivity index (χ0) is 20.2. The Kier molecular flexibility index (Phi) is 5.44. The zero-order valence-corrected chi connectivity index (χ0v) is 16.4. The van der Waals surface area contributed by atoms with E-state index in [1.54, 1.807) is 23.6 Å². The molecule has 29 heavy (non-hydrogen) atoms. The Morgan fingerprint density at radius 3 is 2.66 bits per heavy atom. The fourth-order valence-corrected chi connectivity index (χ4v) is 3.52. The number of fused-ring (bicyclic) bond motifs is 1. The highest BCUT2D eigenvalue weighted by Gasteiger charge is 2.22. The highest BCUT2D eigenvalue weighted by Crippen LogP contribution is 2.32. The van der Waals surface area contributed by atoms with Crippen LogP contribution in [0.15, 0.2) is 53.9 Å². The number of aromatic nitrogens is 1. The third kappa shape index (κ3) is 4.38. The van der Waals surface area contributed by atoms with Crippen molar-refractivity contribution < 1.29 is 23.8 Å². The monoisotopic (exact) mass is 410 g/mol. The molecule has 0 saturated carbocycles. The normalized spacial score (nSPS) is 13.4. The standard InChI is InChI=1S/C21H18N2O5S/c1-13(19(24)22-15-7-8-17-18(11-15)27-10-9-26-17)28-21(25)16-12-29-20(23-16)14-5-3-2-4-6-14/h2-8,11-13H,9-10H2,1H3,(H,22,24). The van der Waals surface area contributed by atoms with Crippen molar-refractivity contribution >= 4 is 28.9 Å². The maximum Gasteiger partial charge on any atom is 0.358 e. The fraction of sp³-hybridized carbons (Fsp3) is 0.190. The molecule has 0 fully saturated rings. The molecule has 1 aliphatic heterocycles. The van der Waals surface area contributed by atoms with Crippen LogP contribution in [0.25, 0.3) is 10.6 Å². The Balaban J connectivity index is 1.37. The average molecular weight is 410 g/mol. The second-order valence-electron chi connectivity index (χ2n) is 6.30. The van der Waals surface area contributed by atoms with Crippen molar-refractivity contribution in [1.29, 1.82) is 0 Å². The van der Waals surface area contributed by atoms with Crippen molar-refractivity contribution in [1.82, 2.24) is 4.98 Å². The van der Waals surface area contributed by atoms with Crippen LogP contribution in [0.4, 0.5) is 5.69 Å². The van der Waals surface area contributed by atoms with E-state index in [-0.39, 0.29) is 5.69 Å². The summed E-state index contributed by atoms with van der Waals surface area (Å²) in [5, 5.41) is 5.05. The molecule has 2 aromatic carbocycles. The number of esters is 1. The lowest BCUT2D eigenvalue weighted by atomic mass is 10.2. The van der Waals surface area contributed by atoms with Gasteiger partial charge in [-0.3, -0.25) is 4.79 Å². The first-order chi connectivity index (χ1) is 14.1. The maximum atomic E-state index is 12.4. The Morgan fingerprint density at radius 1 is 1.10 bits per heavy atom. The molecule has 0 saturated heterocycles. The Morgan fingerprint density at radius 2 is 1.86 bits per heavy atom. The molecule has 4 rings (SSSR count). The molecule has 2 heterocycles. The summed E-state index contributed by atoms with van der Waals surface area (Å²) in [5.74, 6) is 0.0999. The predicted molar refractivity (Wildman–Crippen MR) is 108 cm³/mol. The molecule has 0 spiro atoms. The summed E-state index contributed by atoms with van der Waals surface area (Å²) in [6.07, 6.45) is -0.988. The molecule has 1 N–H and O–H groups in total. The largest absolute Gasteiger partial charge is 0.486 e. The zero-order valence-electron chi connectivity index (χ0n) is 15.6. The van der Waals surface area contributed by atoms with Gasteiger partial charge in [-0.1, -0.05) is 30.3 Å². The van der Waals surface area contributed by atoms with Gasteiger partial charge in [-0.15, -0.1) is 11.3 Å². The number of thiazole rings is 1. The lowest BCUT2D eigenvalue weighted by molar-refractivity contribution is -0.123. The number of carbonyl (C=O) groups excluding carboxylic acids is 2. The van der Waals surface area contributed by atoms with Crippen molar-refractivity contribution in [2.75, 3.05) is 18.5 Å². The van der Waals surface area contributed by atoms with Crippen molar-refractivity contribution in [2.24, 2.45) is 0 Å². The number of amides is 1. The number of carbonyl (C=O) groups is 2. The summed E-state index contributed by atoms with van der Waals surface area (Å²) in [7, 11) is 0. The molecule has 3 aromatic rings. The van der Waals surface area contributed by atoms with Gasteiger partial charge >= 0.3 is 5.97 Å². The summed E-state index contributed by atoms with van der Waals surface area (Å²) < 4.78 is 16.2. The van der Waals surface area contributed by atoms with Crippen LogP contribution in [0.3, 0.4) is 0 Å². The van der Waals surface area contributed by atoms with Crippen molar-refractivity contribution in [3.8, 4) is 22.1 Å². The van der Waals surface area contributed by atoms with E-state index >= 15 is 0 Å². The number of nitrogens with zero attached hydrogens (tertiary/aromatic N) is 1. The number of ether oxygens (including phenoxy) is 3. The van der Waals surface area contributed by atoms with Crippen LogP contribution in [0.1, 0.15) is 17.4 Å². The lowest BCUT2D eigenvalue weighted by Crippen LogP contribution is -2.30. The molecule has 0 radical (unpaired) electrons. The number of nitrogens with one attached hydrogen (secondary N) is 1. The average Bonchev–Trinajstić information content (AvgIpc) is 3.25. The summed E-state index contributed by atoms with van der Waals surface area (Å²) in [6.45, 7) is 2.46. The Labute approximate surface area is 171 Å². The van der Waals surface area contributed by atoms with Crippen LogP contribution in [0.5, 0.6) is 11.5 Å². The van der Waals surface area contributed by atoms with Gasteiger partial charge < -0.3 is 19.5 Å². The highest BCUT2D eigenvalue weighted by atomic mass is 32.1. The molecular formula is C21H18N2O5S. The van der Waals surface area contributed by atoms with Gasteiger partial charge in [-0.25, -0.2) is 9.78 Å². The minimum atomic E-state index is -0.988. The summed E-state index contributed by atoms with van der Waals surface area (Å²) >= 11 is 1.34. The summed E-state index contributed by atoms with van der Waals surface area (Å²) in [4.78, 5) is 29.1. The first-order valence-corrected chi connectivity index (χ1v) is 9.90. The van der Waals surface area contributed by atoms with Gasteiger partial charge in [-0.2, -0.15) is 0 Å². The van der Waals surface area contributed by atoms with E-state index in [9.17, 15) is 9.59 Å². The molecule has 1 unspecified atom stereocenters. The molecule has 8 heteroatoms. The molecule has 0 aliphatic carbocycles. The number of rotatable bonds is 5. The number of hydrogen-bond donors (Lipinski definition) is 1. The molecule has 1 aromatic heterocycles. The summed E-state index contributed by atoms with van der Waals surface area (Å²) in [6, 6.07) is 14.6. The van der Waals surface area contributed by atoms with E-state index in [2.05, 4.69) is 10.3 Å². The quantitative estimate of drug-likeness (QED) is 0.645. The highest BCUT2D eigenvalue weighted by molar-refractivity contribution is 7.13. The lowest BCUT2D eigenvalue weighted by Gasteiger charge is -2.19. The van der Waals surface area contributed by atoms with Crippen LogP contribution >= 0.6 is 11.3 Å². The molecule has 1 amide bonds. The third-order valence-electron chi connectivity index (χ3n) is 4.20. The van der Waals surface area contributed by atoms with Gasteiger partial charge in [0.1, 0.15) is 18.2 Å². The molecule has 148 valence electrons. The van der Waals surface area contributed by atoms with Gasteiger partial charge in [0.15, 0.2) is 23.3 Å². The summed E-state index contributed by atoms with van der Waals surface area (Å²) in [5.41, 5.74) is 1.62. The number of anilines is 1. The van der Waals surface area contributed by atoms with E-state index < -0.39 is 18.0 Å². The Hall–Kier alpha value is -3.39. The van der Waals surface area contributed by atoms with E-state index in [0.29, 0.717) is 35.4 Å². The van der Waals surface area contributed by atoms with E-state index in [0.717, 1.165) is 5.56 Å². The predicted octanol–water partition coefficient (Wildman–Crippen LogP) is 3.77. The van der Waals surface area contributed by atoms with Crippen LogP contribution < -0.4 is 14.8 Å². The van der Waals surface area contributed by atoms with E-state index in [4.69, 9.17) is 14.2 Å². The molecule has 7 nitrogen and oxygen atoms in total. The second kappa shape index (κ2) is 8.32. The fourth-order valence-electron chi connectivity index (χ4n) is 2.72. The maximum absolute atomic E-state index is 12.4. The van der Waals surface area contributed by atoms with Gasteiger partial charge in [0.25, 0.3) is 5.91 Å². The van der Waals surface area contributed by atoms with Crippen LogP contribution in [0.2, 0.25) is 0 Å². The van der Waals surface area contributed by atoms with Crippen molar-refractivity contribution in [3.63, 3.8) is 0 Å². The number of benzene rings is 2. The molecule has 1 aliphatic rings. The van der Waals surface area contributed by atoms with E-state index in [1.165, 1.54) is 18.3 Å². The number of hydrogen-bond acceptors (Lipinski definition) is 7. The third-order valence-corrected chi connectivity index (χ3v) is 5.09. The first kappa shape index (κ1) is 18.9. The van der Waals surface area contributed by atoms with Crippen molar-refractivity contribution in [3.05, 3.63) is 59.6 Å². The van der Waals surface area contributed by atoms with Gasteiger partial charge in [0.05, 0.1) is 0 Å². The van der Waals surface area contributed by atoms with Crippen LogP contribution in [0, 0.1) is 0 Å². The van der Waals surface area contributed by atoms with Crippen LogP contribution in [-0.4, -0.2) is 36.2 Å². The molecular weight excluding hydrogens is 392 g/mol. The van der Waals surface area contributed by atoms with Crippen LogP contribution in [-0.2, 0) is 9.53 Å². The molecule has 1 atom stereocenters. The smallest absolute Gasteiger partial charge is 0.358 e.